The molecule has 0 radical (unpaired) electrons. The van der Waals surface area contributed by atoms with Crippen molar-refractivity contribution in [3.8, 4) is 0 Å². The standard InChI is InChI=1S/C17H30N6S.HI/c1-18-17(20-13-14-7-6-12-24-14)19-10-5-9-16-22-21-15-8-3-2-4-11-23(15)16;/h14H,2-13H2,1H3,(H2,18,19,20);1H. The van der Waals surface area contributed by atoms with E-state index in [1.807, 2.05) is 7.05 Å². The first-order valence-corrected chi connectivity index (χ1v) is 10.4. The molecule has 1 fully saturated rings. The van der Waals surface area contributed by atoms with Crippen molar-refractivity contribution in [2.45, 2.75) is 63.2 Å². The summed E-state index contributed by atoms with van der Waals surface area (Å²) in [6.45, 7) is 3.02. The minimum atomic E-state index is 0. The molecular formula is C17H31IN6S. The largest absolute Gasteiger partial charge is 0.356 e. The van der Waals surface area contributed by atoms with Gasteiger partial charge in [-0.1, -0.05) is 6.42 Å². The molecule has 142 valence electrons. The maximum absolute atomic E-state index is 4.40. The number of hydrogen-bond acceptors (Lipinski definition) is 4. The second-order valence-corrected chi connectivity index (χ2v) is 8.02. The van der Waals surface area contributed by atoms with Crippen LogP contribution in [0.15, 0.2) is 4.99 Å². The zero-order chi connectivity index (χ0) is 16.6. The molecule has 2 aliphatic heterocycles. The zero-order valence-corrected chi connectivity index (χ0v) is 18.3. The van der Waals surface area contributed by atoms with Gasteiger partial charge in [0.2, 0.25) is 0 Å². The molecule has 25 heavy (non-hydrogen) atoms. The highest BCUT2D eigenvalue weighted by Crippen LogP contribution is 2.25. The first kappa shape index (κ1) is 20.8. The van der Waals surface area contributed by atoms with E-state index >= 15 is 0 Å². The molecule has 0 spiro atoms. The van der Waals surface area contributed by atoms with E-state index in [0.29, 0.717) is 0 Å². The Morgan fingerprint density at radius 3 is 2.96 bits per heavy atom. The van der Waals surface area contributed by atoms with Crippen LogP contribution in [-0.4, -0.2) is 51.9 Å². The fourth-order valence-corrected chi connectivity index (χ4v) is 4.62. The van der Waals surface area contributed by atoms with Gasteiger partial charge in [-0.25, -0.2) is 0 Å². The molecule has 2 N–H and O–H groups in total. The minimum Gasteiger partial charge on any atom is -0.356 e. The third-order valence-electron chi connectivity index (χ3n) is 4.80. The summed E-state index contributed by atoms with van der Waals surface area (Å²) in [6.07, 6.45) is 9.62. The van der Waals surface area contributed by atoms with Gasteiger partial charge in [0.05, 0.1) is 0 Å². The Morgan fingerprint density at radius 2 is 2.16 bits per heavy atom. The van der Waals surface area contributed by atoms with E-state index in [-0.39, 0.29) is 24.0 Å². The Balaban J connectivity index is 0.00000225. The third kappa shape index (κ3) is 6.30. The summed E-state index contributed by atoms with van der Waals surface area (Å²) >= 11 is 2.07. The van der Waals surface area contributed by atoms with Crippen LogP contribution in [0.5, 0.6) is 0 Å². The normalized spacial score (nSPS) is 20.5. The highest BCUT2D eigenvalue weighted by Gasteiger charge is 2.16. The summed E-state index contributed by atoms with van der Waals surface area (Å²) in [4.78, 5) is 4.32. The number of halogens is 1. The van der Waals surface area contributed by atoms with Gasteiger partial charge in [-0.05, 0) is 37.9 Å². The molecule has 6 nitrogen and oxygen atoms in total. The lowest BCUT2D eigenvalue weighted by Gasteiger charge is -2.14. The van der Waals surface area contributed by atoms with Crippen molar-refractivity contribution < 1.29 is 0 Å². The molecule has 1 unspecified atom stereocenters. The van der Waals surface area contributed by atoms with E-state index in [0.717, 1.165) is 55.9 Å². The van der Waals surface area contributed by atoms with Crippen LogP contribution in [0.4, 0.5) is 0 Å². The molecule has 8 heteroatoms. The van der Waals surface area contributed by atoms with E-state index in [1.54, 1.807) is 0 Å². The maximum Gasteiger partial charge on any atom is 0.191 e. The fraction of sp³-hybridized carbons (Fsp3) is 0.824. The van der Waals surface area contributed by atoms with E-state index in [1.165, 1.54) is 43.7 Å². The predicted octanol–water partition coefficient (Wildman–Crippen LogP) is 2.62. The lowest BCUT2D eigenvalue weighted by molar-refractivity contribution is 0.593. The van der Waals surface area contributed by atoms with Gasteiger partial charge in [-0.15, -0.1) is 34.2 Å². The lowest BCUT2D eigenvalue weighted by Crippen LogP contribution is -2.40. The van der Waals surface area contributed by atoms with E-state index < -0.39 is 0 Å². The highest BCUT2D eigenvalue weighted by atomic mass is 127. The van der Waals surface area contributed by atoms with E-state index in [2.05, 4.69) is 42.2 Å². The average Bonchev–Trinajstić information content (AvgIpc) is 3.19. The van der Waals surface area contributed by atoms with Crippen LogP contribution in [0.3, 0.4) is 0 Å². The number of aryl methyl sites for hydroxylation is 2. The quantitative estimate of drug-likeness (QED) is 0.285. The first-order chi connectivity index (χ1) is 11.9. The van der Waals surface area contributed by atoms with Gasteiger partial charge in [0.15, 0.2) is 5.96 Å². The third-order valence-corrected chi connectivity index (χ3v) is 6.20. The molecule has 1 saturated heterocycles. The van der Waals surface area contributed by atoms with Gasteiger partial charge in [-0.2, -0.15) is 11.8 Å². The Hall–Kier alpha value is -0.510. The van der Waals surface area contributed by atoms with Crippen molar-refractivity contribution in [3.05, 3.63) is 11.6 Å². The summed E-state index contributed by atoms with van der Waals surface area (Å²) in [5.74, 6) is 4.56. The van der Waals surface area contributed by atoms with E-state index in [9.17, 15) is 0 Å². The maximum atomic E-state index is 4.40. The molecule has 1 atom stereocenters. The second-order valence-electron chi connectivity index (χ2n) is 6.61. The van der Waals surface area contributed by atoms with E-state index in [4.69, 9.17) is 0 Å². The van der Waals surface area contributed by atoms with Gasteiger partial charge < -0.3 is 15.2 Å². The molecule has 0 aliphatic carbocycles. The molecule has 1 aromatic rings. The molecule has 0 aromatic carbocycles. The van der Waals surface area contributed by atoms with Crippen LogP contribution in [0.25, 0.3) is 0 Å². The van der Waals surface area contributed by atoms with Gasteiger partial charge >= 0.3 is 0 Å². The smallest absolute Gasteiger partial charge is 0.191 e. The summed E-state index contributed by atoms with van der Waals surface area (Å²) in [7, 11) is 1.84. The van der Waals surface area contributed by atoms with Crippen molar-refractivity contribution in [1.29, 1.82) is 0 Å². The summed E-state index contributed by atoms with van der Waals surface area (Å²) in [5, 5.41) is 16.4. The number of guanidine groups is 1. The molecule has 0 bridgehead atoms. The second kappa shape index (κ2) is 11.3. The number of aliphatic imine (C=N–C) groups is 1. The highest BCUT2D eigenvalue weighted by molar-refractivity contribution is 14.0. The Kier molecular flexibility index (Phi) is 9.36. The SMILES string of the molecule is CN=C(NCCCc1nnc2n1CCCCC2)NCC1CCCS1.I. The number of fused-ring (bicyclic) bond motifs is 1. The molecular weight excluding hydrogens is 447 g/mol. The molecule has 0 saturated carbocycles. The lowest BCUT2D eigenvalue weighted by atomic mass is 10.2. The Morgan fingerprint density at radius 1 is 1.24 bits per heavy atom. The number of rotatable bonds is 6. The average molecular weight is 478 g/mol. The fourth-order valence-electron chi connectivity index (χ4n) is 3.42. The monoisotopic (exact) mass is 478 g/mol. The number of nitrogens with one attached hydrogen (secondary N) is 2. The van der Waals surface area contributed by atoms with Gasteiger partial charge in [0.1, 0.15) is 11.6 Å². The minimum absolute atomic E-state index is 0. The zero-order valence-electron chi connectivity index (χ0n) is 15.2. The first-order valence-electron chi connectivity index (χ1n) is 9.34. The van der Waals surface area contributed by atoms with Crippen LogP contribution in [-0.2, 0) is 19.4 Å². The molecule has 3 heterocycles. The number of thioether (sulfide) groups is 1. The van der Waals surface area contributed by atoms with Crippen LogP contribution >= 0.6 is 35.7 Å². The van der Waals surface area contributed by atoms with Gasteiger partial charge in [0, 0.05) is 44.8 Å². The molecule has 1 aromatic heterocycles. The molecule has 3 rings (SSSR count). The number of hydrogen-bond donors (Lipinski definition) is 2. The Bertz CT molecular complexity index is 541. The number of aromatic nitrogens is 3. The molecule has 2 aliphatic rings. The topological polar surface area (TPSA) is 67.1 Å². The van der Waals surface area contributed by atoms with Crippen molar-refractivity contribution in [1.82, 2.24) is 25.4 Å². The number of nitrogens with zero attached hydrogens (tertiary/aromatic N) is 4. The van der Waals surface area contributed by atoms with Gasteiger partial charge in [-0.3, -0.25) is 4.99 Å². The predicted molar refractivity (Wildman–Crippen MR) is 116 cm³/mol. The van der Waals surface area contributed by atoms with Crippen LogP contribution in [0.1, 0.15) is 50.2 Å². The molecule has 0 amide bonds. The van der Waals surface area contributed by atoms with Gasteiger partial charge in [0.25, 0.3) is 0 Å². The van der Waals surface area contributed by atoms with Crippen molar-refractivity contribution >= 4 is 41.7 Å². The van der Waals surface area contributed by atoms with Crippen LogP contribution in [0, 0.1) is 0 Å². The van der Waals surface area contributed by atoms with Crippen LogP contribution < -0.4 is 10.6 Å². The Labute approximate surface area is 172 Å². The summed E-state index contributed by atoms with van der Waals surface area (Å²) < 4.78 is 2.34. The summed E-state index contributed by atoms with van der Waals surface area (Å²) in [5.41, 5.74) is 0. The van der Waals surface area contributed by atoms with Crippen molar-refractivity contribution in [2.24, 2.45) is 4.99 Å². The van der Waals surface area contributed by atoms with Crippen LogP contribution in [0.2, 0.25) is 0 Å². The van der Waals surface area contributed by atoms with Crippen molar-refractivity contribution in [2.75, 3.05) is 25.9 Å². The summed E-state index contributed by atoms with van der Waals surface area (Å²) in [6, 6.07) is 0. The van der Waals surface area contributed by atoms with Crippen molar-refractivity contribution in [3.63, 3.8) is 0 Å².